The van der Waals surface area contributed by atoms with E-state index in [0.717, 1.165) is 17.0 Å². The second kappa shape index (κ2) is 5.41. The summed E-state index contributed by atoms with van der Waals surface area (Å²) in [5.74, 6) is 1.78. The number of anilines is 1. The van der Waals surface area contributed by atoms with E-state index < -0.39 is 0 Å². The Labute approximate surface area is 117 Å². The number of amides is 1. The molecule has 1 amide bonds. The molecule has 1 aromatic rings. The van der Waals surface area contributed by atoms with E-state index in [0.29, 0.717) is 29.7 Å². The Morgan fingerprint density at radius 3 is 2.83 bits per heavy atom. The fourth-order valence-electron chi connectivity index (χ4n) is 2.16. The number of halogens is 1. The second-order valence-corrected chi connectivity index (χ2v) is 5.30. The first kappa shape index (κ1) is 13.6. The summed E-state index contributed by atoms with van der Waals surface area (Å²) >= 11 is 10.3. The molecule has 2 rings (SSSR count). The van der Waals surface area contributed by atoms with E-state index >= 15 is 0 Å². The van der Waals surface area contributed by atoms with Gasteiger partial charge in [0.25, 0.3) is 0 Å². The Balaban J connectivity index is 2.38. The molecule has 0 radical (unpaired) electrons. The summed E-state index contributed by atoms with van der Waals surface area (Å²) in [6, 6.07) is 3.66. The predicted octanol–water partition coefficient (Wildman–Crippen LogP) is 2.94. The SMILES string of the molecule is COc1cc(Cl)c(C)cc1N1CC(CS)CC1=O. The first-order valence-corrected chi connectivity index (χ1v) is 6.83. The quantitative estimate of drug-likeness (QED) is 0.866. The number of carbonyl (C=O) groups is 1. The lowest BCUT2D eigenvalue weighted by Crippen LogP contribution is -2.25. The Kier molecular flexibility index (Phi) is 4.07. The van der Waals surface area contributed by atoms with Crippen LogP contribution in [0.25, 0.3) is 0 Å². The molecule has 0 aromatic heterocycles. The summed E-state index contributed by atoms with van der Waals surface area (Å²) in [6.07, 6.45) is 0.550. The third-order valence-electron chi connectivity index (χ3n) is 3.21. The van der Waals surface area contributed by atoms with Gasteiger partial charge in [-0.05, 0) is 30.2 Å². The molecule has 98 valence electrons. The molecule has 1 atom stereocenters. The van der Waals surface area contributed by atoms with E-state index in [1.54, 1.807) is 18.1 Å². The van der Waals surface area contributed by atoms with Crippen LogP contribution in [0, 0.1) is 12.8 Å². The van der Waals surface area contributed by atoms with Gasteiger partial charge in [0.05, 0.1) is 12.8 Å². The lowest BCUT2D eigenvalue weighted by Gasteiger charge is -2.20. The summed E-state index contributed by atoms with van der Waals surface area (Å²) in [6.45, 7) is 2.61. The van der Waals surface area contributed by atoms with Crippen LogP contribution < -0.4 is 9.64 Å². The van der Waals surface area contributed by atoms with Gasteiger partial charge in [0.15, 0.2) is 0 Å². The highest BCUT2D eigenvalue weighted by atomic mass is 35.5. The molecule has 1 aliphatic heterocycles. The number of aryl methyl sites for hydroxylation is 1. The van der Waals surface area contributed by atoms with Crippen LogP contribution in [0.4, 0.5) is 5.69 Å². The Hall–Kier alpha value is -0.870. The van der Waals surface area contributed by atoms with Crippen molar-refractivity contribution >= 4 is 35.8 Å². The van der Waals surface area contributed by atoms with Crippen LogP contribution in [0.15, 0.2) is 12.1 Å². The van der Waals surface area contributed by atoms with Gasteiger partial charge in [0, 0.05) is 24.1 Å². The minimum atomic E-state index is 0.120. The van der Waals surface area contributed by atoms with Crippen molar-refractivity contribution in [3.05, 3.63) is 22.7 Å². The number of benzene rings is 1. The zero-order chi connectivity index (χ0) is 13.3. The maximum atomic E-state index is 12.0. The van der Waals surface area contributed by atoms with E-state index in [1.807, 2.05) is 13.0 Å². The number of nitrogens with zero attached hydrogens (tertiary/aromatic N) is 1. The summed E-state index contributed by atoms with van der Waals surface area (Å²) in [5, 5.41) is 0.646. The van der Waals surface area contributed by atoms with Gasteiger partial charge in [-0.15, -0.1) is 0 Å². The van der Waals surface area contributed by atoms with E-state index in [1.165, 1.54) is 0 Å². The van der Waals surface area contributed by atoms with Crippen molar-refractivity contribution < 1.29 is 9.53 Å². The standard InChI is InChI=1S/C13H16ClNO2S/c1-8-3-11(12(17-2)5-10(8)14)15-6-9(7-18)4-13(15)16/h3,5,9,18H,4,6-7H2,1-2H3. The van der Waals surface area contributed by atoms with Crippen molar-refractivity contribution in [3.63, 3.8) is 0 Å². The molecule has 1 fully saturated rings. The van der Waals surface area contributed by atoms with Crippen LogP contribution in [0.3, 0.4) is 0 Å². The number of hydrogen-bond donors (Lipinski definition) is 1. The van der Waals surface area contributed by atoms with Gasteiger partial charge in [-0.3, -0.25) is 4.79 Å². The van der Waals surface area contributed by atoms with Crippen molar-refractivity contribution in [2.45, 2.75) is 13.3 Å². The molecule has 1 saturated heterocycles. The summed E-state index contributed by atoms with van der Waals surface area (Å²) in [7, 11) is 1.58. The molecule has 0 spiro atoms. The number of carbonyl (C=O) groups excluding carboxylic acids is 1. The fraction of sp³-hybridized carbons (Fsp3) is 0.462. The van der Waals surface area contributed by atoms with Crippen molar-refractivity contribution in [3.8, 4) is 5.75 Å². The largest absolute Gasteiger partial charge is 0.495 e. The smallest absolute Gasteiger partial charge is 0.227 e. The first-order chi connectivity index (χ1) is 8.56. The van der Waals surface area contributed by atoms with Crippen LogP contribution in [-0.2, 0) is 4.79 Å². The van der Waals surface area contributed by atoms with Gasteiger partial charge in [0.2, 0.25) is 5.91 Å². The zero-order valence-corrected chi connectivity index (χ0v) is 12.1. The molecule has 0 bridgehead atoms. The van der Waals surface area contributed by atoms with Crippen LogP contribution in [0.5, 0.6) is 5.75 Å². The van der Waals surface area contributed by atoms with Crippen LogP contribution in [0.1, 0.15) is 12.0 Å². The van der Waals surface area contributed by atoms with Gasteiger partial charge in [-0.2, -0.15) is 12.6 Å². The molecule has 18 heavy (non-hydrogen) atoms. The van der Waals surface area contributed by atoms with Crippen molar-refractivity contribution in [2.75, 3.05) is 24.3 Å². The lowest BCUT2D eigenvalue weighted by atomic mass is 10.1. The minimum absolute atomic E-state index is 0.120. The normalized spacial score (nSPS) is 19.4. The highest BCUT2D eigenvalue weighted by molar-refractivity contribution is 7.80. The monoisotopic (exact) mass is 285 g/mol. The lowest BCUT2D eigenvalue weighted by molar-refractivity contribution is -0.117. The molecule has 3 nitrogen and oxygen atoms in total. The van der Waals surface area contributed by atoms with Crippen LogP contribution >= 0.6 is 24.2 Å². The molecule has 0 N–H and O–H groups in total. The van der Waals surface area contributed by atoms with Gasteiger partial charge < -0.3 is 9.64 Å². The molecule has 1 heterocycles. The van der Waals surface area contributed by atoms with Crippen LogP contribution in [-0.4, -0.2) is 25.3 Å². The van der Waals surface area contributed by atoms with E-state index in [4.69, 9.17) is 16.3 Å². The maximum absolute atomic E-state index is 12.0. The Morgan fingerprint density at radius 2 is 2.28 bits per heavy atom. The molecular weight excluding hydrogens is 270 g/mol. The van der Waals surface area contributed by atoms with Crippen molar-refractivity contribution in [2.24, 2.45) is 5.92 Å². The van der Waals surface area contributed by atoms with Gasteiger partial charge in [0.1, 0.15) is 5.75 Å². The Bertz CT molecular complexity index is 478. The highest BCUT2D eigenvalue weighted by Crippen LogP contribution is 2.36. The first-order valence-electron chi connectivity index (χ1n) is 5.82. The van der Waals surface area contributed by atoms with E-state index in [9.17, 15) is 4.79 Å². The highest BCUT2D eigenvalue weighted by Gasteiger charge is 2.31. The number of thiol groups is 1. The number of hydrogen-bond acceptors (Lipinski definition) is 3. The average molecular weight is 286 g/mol. The number of methoxy groups -OCH3 is 1. The zero-order valence-electron chi connectivity index (χ0n) is 10.4. The predicted molar refractivity (Wildman–Crippen MR) is 77.1 cm³/mol. The van der Waals surface area contributed by atoms with Gasteiger partial charge in [-0.1, -0.05) is 11.6 Å². The molecule has 0 saturated carbocycles. The third-order valence-corrected chi connectivity index (χ3v) is 4.14. The molecule has 1 unspecified atom stereocenters. The maximum Gasteiger partial charge on any atom is 0.227 e. The second-order valence-electron chi connectivity index (χ2n) is 4.53. The summed E-state index contributed by atoms with van der Waals surface area (Å²) < 4.78 is 5.31. The van der Waals surface area contributed by atoms with E-state index in [-0.39, 0.29) is 5.91 Å². The average Bonchev–Trinajstić information content (AvgIpc) is 2.73. The minimum Gasteiger partial charge on any atom is -0.495 e. The van der Waals surface area contributed by atoms with Crippen molar-refractivity contribution in [1.82, 2.24) is 0 Å². The molecule has 1 aromatic carbocycles. The third kappa shape index (κ3) is 2.45. The molecule has 5 heteroatoms. The molecule has 0 aliphatic carbocycles. The summed E-state index contributed by atoms with van der Waals surface area (Å²) in [4.78, 5) is 13.8. The summed E-state index contributed by atoms with van der Waals surface area (Å²) in [5.41, 5.74) is 1.74. The molecular formula is C13H16ClNO2S. The fourth-order valence-corrected chi connectivity index (χ4v) is 2.56. The topological polar surface area (TPSA) is 29.5 Å². The van der Waals surface area contributed by atoms with Gasteiger partial charge in [-0.25, -0.2) is 0 Å². The Morgan fingerprint density at radius 1 is 1.56 bits per heavy atom. The van der Waals surface area contributed by atoms with Gasteiger partial charge >= 0.3 is 0 Å². The van der Waals surface area contributed by atoms with Crippen molar-refractivity contribution in [1.29, 1.82) is 0 Å². The van der Waals surface area contributed by atoms with E-state index in [2.05, 4.69) is 12.6 Å². The van der Waals surface area contributed by atoms with Crippen LogP contribution in [0.2, 0.25) is 5.02 Å². The molecule has 1 aliphatic rings. The number of rotatable bonds is 3. The number of ether oxygens (including phenoxy) is 1.